The van der Waals surface area contributed by atoms with Crippen molar-refractivity contribution in [3.05, 3.63) is 23.8 Å². The zero-order chi connectivity index (χ0) is 36.3. The first-order valence-electron chi connectivity index (χ1n) is 16.7. The standard InChI is InChI=1S/C36H55NO11/c1-12-30-27(19-43-13-2)16-20(3)14-15-28(40)21(4)17-22(5)33(23(6)29(41)18-31(42)47-30)48-36-35(46-26(9)39)32(37(10)11)34(24(7)44-36)45-25(8)38/h2,14-16,21-24,27,29-30,32-36,41H,12,17-19H2,1,3-11H3/t21-,22+,23+,24?,27-,29-,30-,32?,33+,34?,35?,36?/m1/s1. The molecule has 1 saturated heterocycles. The number of carbonyl (C=O) groups excluding carboxylic acids is 4. The van der Waals surface area contributed by atoms with Crippen LogP contribution < -0.4 is 0 Å². The Bertz CT molecular complexity index is 1210. The molecule has 48 heavy (non-hydrogen) atoms. The van der Waals surface area contributed by atoms with Crippen LogP contribution in [0.4, 0.5) is 0 Å². The van der Waals surface area contributed by atoms with Gasteiger partial charge in [-0.05, 0) is 52.8 Å². The summed E-state index contributed by atoms with van der Waals surface area (Å²) in [6, 6.07) is -0.637. The molecule has 0 aromatic rings. The molecule has 0 saturated carbocycles. The largest absolute Gasteiger partial charge is 0.462 e. The summed E-state index contributed by atoms with van der Waals surface area (Å²) in [4.78, 5) is 52.6. The first-order chi connectivity index (χ1) is 22.5. The Morgan fingerprint density at radius 2 is 1.67 bits per heavy atom. The van der Waals surface area contributed by atoms with Gasteiger partial charge in [-0.15, -0.1) is 0 Å². The fourth-order valence-corrected chi connectivity index (χ4v) is 6.55. The summed E-state index contributed by atoms with van der Waals surface area (Å²) in [5.74, 6) is -3.62. The van der Waals surface area contributed by atoms with Gasteiger partial charge < -0.3 is 33.5 Å². The van der Waals surface area contributed by atoms with E-state index in [-0.39, 0.29) is 24.7 Å². The van der Waals surface area contributed by atoms with Gasteiger partial charge in [-0.1, -0.05) is 51.8 Å². The monoisotopic (exact) mass is 677 g/mol. The molecule has 2 heterocycles. The number of likely N-dealkylation sites (N-methyl/N-ethyl adjacent to an activating group) is 1. The Morgan fingerprint density at radius 1 is 1.04 bits per heavy atom. The van der Waals surface area contributed by atoms with Crippen molar-refractivity contribution in [2.45, 2.75) is 124 Å². The van der Waals surface area contributed by atoms with Crippen molar-refractivity contribution < 1.29 is 52.7 Å². The number of aliphatic hydroxyl groups is 1. The van der Waals surface area contributed by atoms with Gasteiger partial charge in [0, 0.05) is 31.6 Å². The summed E-state index contributed by atoms with van der Waals surface area (Å²) in [6.07, 6.45) is 6.91. The van der Waals surface area contributed by atoms with Crippen LogP contribution >= 0.6 is 0 Å². The molecule has 2 aliphatic rings. The second-order valence-corrected chi connectivity index (χ2v) is 13.3. The van der Waals surface area contributed by atoms with E-state index >= 15 is 0 Å². The van der Waals surface area contributed by atoms with Crippen LogP contribution in [0, 0.1) is 36.2 Å². The van der Waals surface area contributed by atoms with E-state index in [1.807, 2.05) is 33.8 Å². The summed E-state index contributed by atoms with van der Waals surface area (Å²) in [5, 5.41) is 11.4. The minimum absolute atomic E-state index is 0.0965. The number of aliphatic hydroxyl groups excluding tert-OH is 1. The summed E-state index contributed by atoms with van der Waals surface area (Å²) in [6.45, 7) is 13.6. The van der Waals surface area contributed by atoms with Gasteiger partial charge in [-0.3, -0.25) is 24.1 Å². The SMILES string of the molecule is C#COC[C@H]1C=C(C)C=CC(=O)[C@H](C)C[C@H](C)[C@H](OC2OC(C)C(OC(C)=O)C(N(C)C)C2OC(C)=O)[C@@H](C)[C@H](O)CC(=O)O[C@@H]1CC. The third kappa shape index (κ3) is 11.7. The summed E-state index contributed by atoms with van der Waals surface area (Å²) in [5.41, 5.74) is 0.772. The maximum atomic E-state index is 13.3. The highest BCUT2D eigenvalue weighted by Crippen LogP contribution is 2.35. The molecular formula is C36H55NO11. The molecule has 12 atom stereocenters. The van der Waals surface area contributed by atoms with Gasteiger partial charge in [0.1, 0.15) is 24.9 Å². The molecule has 0 radical (unpaired) electrons. The lowest BCUT2D eigenvalue weighted by Crippen LogP contribution is -2.65. The quantitative estimate of drug-likeness (QED) is 0.228. The molecule has 12 nitrogen and oxygen atoms in total. The number of hydrogen-bond donors (Lipinski definition) is 1. The lowest BCUT2D eigenvalue weighted by Gasteiger charge is -2.48. The maximum Gasteiger partial charge on any atom is 0.308 e. The topological polar surface area (TPSA) is 147 Å². The zero-order valence-electron chi connectivity index (χ0n) is 30.0. The van der Waals surface area contributed by atoms with Crippen molar-refractivity contribution in [1.29, 1.82) is 0 Å². The van der Waals surface area contributed by atoms with Crippen LogP contribution in [0.5, 0.6) is 0 Å². The highest BCUT2D eigenvalue weighted by Gasteiger charge is 2.51. The Labute approximate surface area is 285 Å². The summed E-state index contributed by atoms with van der Waals surface area (Å²) >= 11 is 0. The van der Waals surface area contributed by atoms with Crippen molar-refractivity contribution in [2.24, 2.45) is 23.7 Å². The predicted molar refractivity (Wildman–Crippen MR) is 177 cm³/mol. The number of cyclic esters (lactones) is 1. The van der Waals surface area contributed by atoms with Crippen LogP contribution in [-0.2, 0) is 47.6 Å². The number of carbonyl (C=O) groups is 4. The van der Waals surface area contributed by atoms with Crippen molar-refractivity contribution in [3.8, 4) is 12.5 Å². The number of ether oxygens (including phenoxy) is 6. The van der Waals surface area contributed by atoms with Crippen molar-refractivity contribution >= 4 is 23.7 Å². The van der Waals surface area contributed by atoms with Gasteiger partial charge in [0.2, 0.25) is 0 Å². The van der Waals surface area contributed by atoms with Crippen molar-refractivity contribution in [1.82, 2.24) is 4.90 Å². The number of terminal acetylenes is 1. The van der Waals surface area contributed by atoms with Crippen molar-refractivity contribution in [2.75, 3.05) is 20.7 Å². The fourth-order valence-electron chi connectivity index (χ4n) is 6.55. The van der Waals surface area contributed by atoms with E-state index in [0.29, 0.717) is 12.8 Å². The number of esters is 3. The second kappa shape index (κ2) is 19.1. The molecule has 0 aromatic heterocycles. The number of nitrogens with zero attached hydrogens (tertiary/aromatic N) is 1. The van der Waals surface area contributed by atoms with Gasteiger partial charge in [0.25, 0.3) is 0 Å². The van der Waals surface area contributed by atoms with Crippen LogP contribution in [0.3, 0.4) is 0 Å². The molecule has 0 aromatic carbocycles. The van der Waals surface area contributed by atoms with Crippen LogP contribution in [0.1, 0.15) is 74.7 Å². The van der Waals surface area contributed by atoms with Gasteiger partial charge in [-0.25, -0.2) is 0 Å². The van der Waals surface area contributed by atoms with E-state index in [4.69, 9.17) is 34.8 Å². The summed E-state index contributed by atoms with van der Waals surface area (Å²) < 4.78 is 35.3. The van der Waals surface area contributed by atoms with Crippen LogP contribution in [0.25, 0.3) is 0 Å². The lowest BCUT2D eigenvalue weighted by molar-refractivity contribution is -0.307. The van der Waals surface area contributed by atoms with E-state index in [1.54, 1.807) is 38.9 Å². The van der Waals surface area contributed by atoms with Crippen molar-refractivity contribution in [3.63, 3.8) is 0 Å². The molecular weight excluding hydrogens is 622 g/mol. The maximum absolute atomic E-state index is 13.3. The van der Waals surface area contributed by atoms with E-state index in [2.05, 4.69) is 6.11 Å². The smallest absolute Gasteiger partial charge is 0.308 e. The van der Waals surface area contributed by atoms with E-state index in [1.165, 1.54) is 19.9 Å². The lowest BCUT2D eigenvalue weighted by atomic mass is 9.82. The first kappa shape index (κ1) is 40.9. The molecule has 12 heteroatoms. The molecule has 0 spiro atoms. The van der Waals surface area contributed by atoms with E-state index in [0.717, 1.165) is 5.57 Å². The van der Waals surface area contributed by atoms with Gasteiger partial charge in [-0.2, -0.15) is 0 Å². The third-order valence-electron chi connectivity index (χ3n) is 9.03. The average molecular weight is 678 g/mol. The third-order valence-corrected chi connectivity index (χ3v) is 9.03. The first-order valence-corrected chi connectivity index (χ1v) is 16.7. The Morgan fingerprint density at radius 3 is 2.23 bits per heavy atom. The van der Waals surface area contributed by atoms with Gasteiger partial charge >= 0.3 is 17.9 Å². The number of rotatable bonds is 8. The zero-order valence-corrected chi connectivity index (χ0v) is 30.0. The number of ketones is 1. The minimum Gasteiger partial charge on any atom is -0.462 e. The van der Waals surface area contributed by atoms with E-state index in [9.17, 15) is 24.3 Å². The number of allylic oxidation sites excluding steroid dienone is 3. The fraction of sp³-hybridized carbons (Fsp3) is 0.722. The molecule has 1 fully saturated rings. The molecule has 270 valence electrons. The Hall–Kier alpha value is -3.24. The minimum atomic E-state index is -1.20. The molecule has 2 rings (SSSR count). The molecule has 5 unspecified atom stereocenters. The second-order valence-electron chi connectivity index (χ2n) is 13.3. The van der Waals surface area contributed by atoms with Crippen LogP contribution in [0.15, 0.2) is 23.8 Å². The van der Waals surface area contributed by atoms with E-state index < -0.39 is 84.6 Å². The molecule has 0 amide bonds. The highest BCUT2D eigenvalue weighted by molar-refractivity contribution is 5.91. The molecule has 2 aliphatic heterocycles. The number of hydrogen-bond acceptors (Lipinski definition) is 12. The summed E-state index contributed by atoms with van der Waals surface area (Å²) in [7, 11) is 3.54. The normalized spacial score (nSPS) is 35.6. The van der Waals surface area contributed by atoms with Crippen LogP contribution in [-0.4, -0.2) is 103 Å². The predicted octanol–water partition coefficient (Wildman–Crippen LogP) is 3.59. The van der Waals surface area contributed by atoms with Crippen LogP contribution in [0.2, 0.25) is 0 Å². The Kier molecular flexibility index (Phi) is 16.3. The Balaban J connectivity index is 2.54. The molecule has 1 N–H and O–H groups in total. The average Bonchev–Trinajstić information content (AvgIpc) is 2.99. The van der Waals surface area contributed by atoms with Gasteiger partial charge in [0.15, 0.2) is 18.2 Å². The van der Waals surface area contributed by atoms with Gasteiger partial charge in [0.05, 0.1) is 30.8 Å². The highest BCUT2D eigenvalue weighted by atomic mass is 16.7. The molecule has 0 aliphatic carbocycles. The molecule has 0 bridgehead atoms.